The fraction of sp³-hybridized carbons (Fsp3) is 0.367. The molecule has 0 saturated carbocycles. The summed E-state index contributed by atoms with van der Waals surface area (Å²) in [5.74, 6) is -2.15. The molecule has 2 aliphatic heterocycles. The largest absolute Gasteiger partial charge is 0.478 e. The van der Waals surface area contributed by atoms with Crippen LogP contribution < -0.4 is 9.80 Å². The predicted octanol–water partition coefficient (Wildman–Crippen LogP) is 7.46. The number of benzene rings is 3. The van der Waals surface area contributed by atoms with Crippen LogP contribution in [0.3, 0.4) is 0 Å². The lowest BCUT2D eigenvalue weighted by atomic mass is 9.99. The third-order valence-corrected chi connectivity index (χ3v) is 9.90. The minimum absolute atomic E-state index is 0.106. The number of aromatic carboxylic acids is 1. The molecule has 0 amide bonds. The third kappa shape index (κ3) is 5.24. The van der Waals surface area contributed by atoms with Crippen LogP contribution in [0.25, 0.3) is 11.1 Å². The molecule has 5 rings (SSSR count). The van der Waals surface area contributed by atoms with Crippen LogP contribution in [0.2, 0.25) is 0 Å². The van der Waals surface area contributed by atoms with E-state index in [4.69, 9.17) is 0 Å². The van der Waals surface area contributed by atoms with Crippen LogP contribution in [0, 0.1) is 5.82 Å². The average Bonchev–Trinajstić information content (AvgIpc) is 3.45. The van der Waals surface area contributed by atoms with Crippen molar-refractivity contribution in [1.29, 1.82) is 0 Å². The molecule has 0 bridgehead atoms. The quantitative estimate of drug-likeness (QED) is 0.280. The van der Waals surface area contributed by atoms with E-state index >= 15 is 0 Å². The number of para-hydroxylation sites is 1. The number of nitrogens with zero attached hydrogens (tertiary/aromatic N) is 3. The summed E-state index contributed by atoms with van der Waals surface area (Å²) in [5.41, 5.74) is 3.32. The number of rotatable bonds is 7. The molecule has 7 nitrogen and oxygen atoms in total. The Morgan fingerprint density at radius 3 is 2.41 bits per heavy atom. The maximum Gasteiger partial charge on any atom is 0.338 e. The van der Waals surface area contributed by atoms with Crippen molar-refractivity contribution in [2.45, 2.75) is 50.0 Å². The molecule has 2 aliphatic rings. The minimum atomic E-state index is -3.40. The highest BCUT2D eigenvalue weighted by Crippen LogP contribution is 2.60. The van der Waals surface area contributed by atoms with E-state index in [0.29, 0.717) is 22.6 Å². The minimum Gasteiger partial charge on any atom is -0.478 e. The van der Waals surface area contributed by atoms with Gasteiger partial charge < -0.3 is 14.9 Å². The first kappa shape index (κ1) is 27.5. The smallest absolute Gasteiger partial charge is 0.338 e. The van der Waals surface area contributed by atoms with Crippen LogP contribution >= 0.6 is 10.8 Å². The highest BCUT2D eigenvalue weighted by molar-refractivity contribution is 8.22. The van der Waals surface area contributed by atoms with Crippen molar-refractivity contribution >= 4 is 33.8 Å². The topological polar surface area (TPSA) is 87.5 Å². The van der Waals surface area contributed by atoms with E-state index in [1.165, 1.54) is 12.1 Å². The van der Waals surface area contributed by atoms with Gasteiger partial charge in [0.15, 0.2) is 0 Å². The number of anilines is 3. The van der Waals surface area contributed by atoms with Crippen LogP contribution in [0.1, 0.15) is 49.4 Å². The lowest BCUT2D eigenvalue weighted by Crippen LogP contribution is -2.39. The Bertz CT molecular complexity index is 1350. The van der Waals surface area contributed by atoms with Crippen molar-refractivity contribution in [1.82, 2.24) is 4.31 Å². The first-order chi connectivity index (χ1) is 18.7. The Labute approximate surface area is 231 Å². The number of carboxylic acid groups (broad SMARTS) is 1. The molecule has 39 heavy (non-hydrogen) atoms. The summed E-state index contributed by atoms with van der Waals surface area (Å²) in [6.07, 6.45) is 4.83. The standard InChI is InChI=1S/C30H36FN3O4S/c1-3-4-10-23-20-34(22-11-6-5-7-12-22)28-19-27(33-15-8-9-16-33)24(18-29(28)39(37,38)32(23)2)21-13-14-26(31)25(17-21)30(35)36/h5-7,11-14,17-19,23,37-38H,3-4,8-10,15-16,20H2,1-2H3,(H,35,36). The molecular weight excluding hydrogens is 517 g/mol. The maximum absolute atomic E-state index is 14.3. The molecule has 3 aromatic carbocycles. The lowest BCUT2D eigenvalue weighted by molar-refractivity contribution is 0.0692. The summed E-state index contributed by atoms with van der Waals surface area (Å²) in [6, 6.07) is 17.7. The molecule has 3 aromatic rings. The highest BCUT2D eigenvalue weighted by Gasteiger charge is 2.38. The molecule has 1 atom stereocenters. The van der Waals surface area contributed by atoms with E-state index in [9.17, 15) is 23.4 Å². The van der Waals surface area contributed by atoms with Gasteiger partial charge in [-0.2, -0.15) is 0 Å². The molecule has 0 spiro atoms. The number of halogens is 1. The summed E-state index contributed by atoms with van der Waals surface area (Å²) < 4.78 is 39.6. The zero-order valence-corrected chi connectivity index (χ0v) is 23.2. The van der Waals surface area contributed by atoms with Gasteiger partial charge in [-0.1, -0.05) is 44.0 Å². The van der Waals surface area contributed by atoms with E-state index in [1.807, 2.05) is 36.4 Å². The monoisotopic (exact) mass is 553 g/mol. The Kier molecular flexibility index (Phi) is 7.87. The van der Waals surface area contributed by atoms with Gasteiger partial charge in [-0.25, -0.2) is 13.5 Å². The van der Waals surface area contributed by atoms with Crippen molar-refractivity contribution in [2.75, 3.05) is 36.5 Å². The van der Waals surface area contributed by atoms with Crippen molar-refractivity contribution < 1.29 is 23.4 Å². The molecule has 3 N–H and O–H groups in total. The SMILES string of the molecule is CCCCC1CN(c2ccccc2)c2cc(N3CCCC3)c(-c3ccc(F)c(C(=O)O)c3)cc2S(O)(O)N1C. The fourth-order valence-electron chi connectivity index (χ4n) is 5.65. The summed E-state index contributed by atoms with van der Waals surface area (Å²) in [7, 11) is -1.63. The lowest BCUT2D eigenvalue weighted by Gasteiger charge is -2.43. The average molecular weight is 554 g/mol. The van der Waals surface area contributed by atoms with Gasteiger partial charge in [-0.3, -0.25) is 9.11 Å². The van der Waals surface area contributed by atoms with E-state index in [1.54, 1.807) is 23.5 Å². The fourth-order valence-corrected chi connectivity index (χ4v) is 7.27. The number of carbonyl (C=O) groups is 1. The van der Waals surface area contributed by atoms with Gasteiger partial charge in [0, 0.05) is 49.7 Å². The van der Waals surface area contributed by atoms with Crippen molar-refractivity contribution in [3.63, 3.8) is 0 Å². The van der Waals surface area contributed by atoms with Crippen LogP contribution in [0.4, 0.5) is 21.5 Å². The second-order valence-electron chi connectivity index (χ2n) is 10.3. The van der Waals surface area contributed by atoms with E-state index in [2.05, 4.69) is 16.7 Å². The maximum atomic E-state index is 14.3. The first-order valence-electron chi connectivity index (χ1n) is 13.5. The molecule has 0 aliphatic carbocycles. The number of fused-ring (bicyclic) bond motifs is 1. The van der Waals surface area contributed by atoms with Crippen LogP contribution in [0.5, 0.6) is 0 Å². The molecule has 1 saturated heterocycles. The Balaban J connectivity index is 1.77. The predicted molar refractivity (Wildman–Crippen MR) is 156 cm³/mol. The van der Waals surface area contributed by atoms with Crippen LogP contribution in [-0.2, 0) is 0 Å². The summed E-state index contributed by atoms with van der Waals surface area (Å²) in [6.45, 7) is 4.38. The Morgan fingerprint density at radius 1 is 1.03 bits per heavy atom. The molecular formula is C30H36FN3O4S. The van der Waals surface area contributed by atoms with Crippen molar-refractivity contribution in [3.8, 4) is 11.1 Å². The van der Waals surface area contributed by atoms with Crippen LogP contribution in [0.15, 0.2) is 65.6 Å². The molecule has 0 radical (unpaired) electrons. The van der Waals surface area contributed by atoms with Gasteiger partial charge in [0.1, 0.15) is 5.82 Å². The van der Waals surface area contributed by atoms with Gasteiger partial charge >= 0.3 is 5.97 Å². The van der Waals surface area contributed by atoms with E-state index in [0.717, 1.165) is 62.3 Å². The molecule has 208 valence electrons. The van der Waals surface area contributed by atoms with E-state index < -0.39 is 28.1 Å². The van der Waals surface area contributed by atoms with Crippen LogP contribution in [-0.4, -0.2) is 57.2 Å². The summed E-state index contributed by atoms with van der Waals surface area (Å²) in [5, 5.41) is 9.59. The zero-order chi connectivity index (χ0) is 27.7. The molecule has 1 unspecified atom stereocenters. The summed E-state index contributed by atoms with van der Waals surface area (Å²) in [4.78, 5) is 16.6. The molecule has 0 aromatic heterocycles. The van der Waals surface area contributed by atoms with Crippen molar-refractivity contribution in [2.24, 2.45) is 0 Å². The second-order valence-corrected chi connectivity index (χ2v) is 12.4. The number of hydrogen-bond donors (Lipinski definition) is 3. The van der Waals surface area contributed by atoms with Gasteiger partial charge in [-0.05, 0) is 61.2 Å². The van der Waals surface area contributed by atoms with Gasteiger partial charge in [-0.15, -0.1) is 10.8 Å². The molecule has 1 fully saturated rings. The van der Waals surface area contributed by atoms with Crippen molar-refractivity contribution in [3.05, 3.63) is 72.0 Å². The second kappa shape index (κ2) is 11.2. The Hall–Kier alpha value is -3.11. The first-order valence-corrected chi connectivity index (χ1v) is 15.0. The molecule has 9 heteroatoms. The molecule has 2 heterocycles. The number of likely N-dealkylation sites (N-methyl/N-ethyl adjacent to an activating group) is 1. The number of carboxylic acids is 1. The van der Waals surface area contributed by atoms with Gasteiger partial charge in [0.25, 0.3) is 0 Å². The van der Waals surface area contributed by atoms with Gasteiger partial charge in [0.2, 0.25) is 0 Å². The normalized spacial score (nSPS) is 20.0. The third-order valence-electron chi connectivity index (χ3n) is 7.89. The zero-order valence-electron chi connectivity index (χ0n) is 22.4. The van der Waals surface area contributed by atoms with E-state index in [-0.39, 0.29) is 6.04 Å². The number of unbranched alkanes of at least 4 members (excludes halogenated alkanes) is 1. The highest BCUT2D eigenvalue weighted by atomic mass is 32.3. The Morgan fingerprint density at radius 2 is 1.74 bits per heavy atom. The summed E-state index contributed by atoms with van der Waals surface area (Å²) >= 11 is 0. The number of hydrogen-bond acceptors (Lipinski definition) is 6. The van der Waals surface area contributed by atoms with Gasteiger partial charge in [0.05, 0.1) is 16.1 Å².